The normalized spacial score (nSPS) is 27.4. The smallest absolute Gasteiger partial charge is 0.282 e. The lowest BCUT2D eigenvalue weighted by Gasteiger charge is -2.40. The maximum Gasteiger partial charge on any atom is 0.282 e. The molecule has 3 aliphatic rings. The second-order valence-corrected chi connectivity index (χ2v) is 11.5. The third-order valence-corrected chi connectivity index (χ3v) is 8.68. The molecule has 2 saturated heterocycles. The first-order chi connectivity index (χ1) is 18.6. The number of carbonyl (C=O) groups excluding carboxylic acids is 2. The Labute approximate surface area is 224 Å². The van der Waals surface area contributed by atoms with Crippen molar-refractivity contribution in [2.45, 2.75) is 50.4 Å². The van der Waals surface area contributed by atoms with Crippen LogP contribution in [0.3, 0.4) is 0 Å². The molecule has 39 heavy (non-hydrogen) atoms. The maximum atomic E-state index is 13.4. The van der Waals surface area contributed by atoms with E-state index < -0.39 is 30.8 Å². The minimum atomic E-state index is -2.82. The first-order valence-electron chi connectivity index (χ1n) is 13.5. The first kappa shape index (κ1) is 25.8. The van der Waals surface area contributed by atoms with E-state index in [0.717, 1.165) is 36.8 Å². The van der Waals surface area contributed by atoms with Crippen molar-refractivity contribution in [1.29, 1.82) is 0 Å². The van der Waals surface area contributed by atoms with E-state index in [9.17, 15) is 18.4 Å². The van der Waals surface area contributed by atoms with E-state index in [1.807, 2.05) is 12.1 Å². The van der Waals surface area contributed by atoms with Crippen molar-refractivity contribution in [2.24, 2.45) is 30.5 Å². The highest BCUT2D eigenvalue weighted by molar-refractivity contribution is 5.93. The summed E-state index contributed by atoms with van der Waals surface area (Å²) in [5.41, 5.74) is 8.75. The highest BCUT2D eigenvalue weighted by Gasteiger charge is 2.50. The SMILES string of the molecule is CC1CCC([C@H](c2nc3nc(C4COCC4C(=O)N4CC(F)(F)C4)ccc3[nH]2)c2cnn(C)c2C(N)=O)CC1. The Morgan fingerprint density at radius 3 is 2.59 bits per heavy atom. The van der Waals surface area contributed by atoms with Crippen LogP contribution in [-0.4, -0.2) is 73.7 Å². The van der Waals surface area contributed by atoms with Gasteiger partial charge in [-0.1, -0.05) is 19.8 Å². The van der Waals surface area contributed by atoms with E-state index in [0.29, 0.717) is 28.8 Å². The number of pyridine rings is 1. The Morgan fingerprint density at radius 1 is 1.15 bits per heavy atom. The number of aromatic nitrogens is 5. The van der Waals surface area contributed by atoms with E-state index in [-0.39, 0.29) is 36.9 Å². The predicted molar refractivity (Wildman–Crippen MR) is 137 cm³/mol. The van der Waals surface area contributed by atoms with Gasteiger partial charge < -0.3 is 20.4 Å². The third-order valence-electron chi connectivity index (χ3n) is 8.68. The summed E-state index contributed by atoms with van der Waals surface area (Å²) in [6.45, 7) is 1.63. The monoisotopic (exact) mass is 541 g/mol. The van der Waals surface area contributed by atoms with Crippen molar-refractivity contribution in [3.05, 3.63) is 41.1 Å². The fraction of sp³-hybridized carbons (Fsp3) is 0.593. The molecule has 208 valence electrons. The van der Waals surface area contributed by atoms with Crippen LogP contribution in [0.5, 0.6) is 0 Å². The molecule has 0 aromatic carbocycles. The average molecular weight is 542 g/mol. The summed E-state index contributed by atoms with van der Waals surface area (Å²) in [6, 6.07) is 3.72. The number of likely N-dealkylation sites (tertiary alicyclic amines) is 1. The van der Waals surface area contributed by atoms with Gasteiger partial charge in [0.25, 0.3) is 11.8 Å². The molecule has 1 saturated carbocycles. The van der Waals surface area contributed by atoms with Gasteiger partial charge in [-0.05, 0) is 36.8 Å². The lowest BCUT2D eigenvalue weighted by atomic mass is 9.73. The van der Waals surface area contributed by atoms with Crippen LogP contribution >= 0.6 is 0 Å². The zero-order chi connectivity index (χ0) is 27.5. The lowest BCUT2D eigenvalue weighted by molar-refractivity contribution is -0.169. The highest BCUT2D eigenvalue weighted by Crippen LogP contribution is 2.42. The van der Waals surface area contributed by atoms with Crippen LogP contribution in [-0.2, 0) is 16.6 Å². The number of imidazole rings is 1. The Hall–Kier alpha value is -3.41. The number of nitrogens with zero attached hydrogens (tertiary/aromatic N) is 5. The van der Waals surface area contributed by atoms with E-state index in [2.05, 4.69) is 17.0 Å². The molecule has 6 rings (SSSR count). The number of hydrogen-bond acceptors (Lipinski definition) is 6. The summed E-state index contributed by atoms with van der Waals surface area (Å²) in [6.07, 6.45) is 5.88. The van der Waals surface area contributed by atoms with Gasteiger partial charge in [-0.3, -0.25) is 14.3 Å². The molecule has 5 heterocycles. The number of nitrogens with two attached hydrogens (primary N) is 1. The molecule has 0 spiro atoms. The van der Waals surface area contributed by atoms with Crippen molar-refractivity contribution < 1.29 is 23.1 Å². The number of primary amides is 1. The molecule has 10 nitrogen and oxygen atoms in total. The Balaban J connectivity index is 1.33. The van der Waals surface area contributed by atoms with Crippen LogP contribution in [0.25, 0.3) is 11.2 Å². The summed E-state index contributed by atoms with van der Waals surface area (Å²) in [4.78, 5) is 39.6. The van der Waals surface area contributed by atoms with E-state index in [1.165, 1.54) is 9.58 Å². The number of nitrogens with one attached hydrogen (secondary N) is 1. The van der Waals surface area contributed by atoms with Gasteiger partial charge >= 0.3 is 0 Å². The summed E-state index contributed by atoms with van der Waals surface area (Å²) in [5, 5.41) is 4.34. The number of aryl methyl sites for hydroxylation is 1. The number of H-pyrrole nitrogens is 1. The summed E-state index contributed by atoms with van der Waals surface area (Å²) in [5.74, 6) is -3.18. The molecule has 2 unspecified atom stereocenters. The zero-order valence-electron chi connectivity index (χ0n) is 22.1. The molecule has 0 bridgehead atoms. The van der Waals surface area contributed by atoms with Crippen LogP contribution < -0.4 is 5.73 Å². The molecule has 12 heteroatoms. The van der Waals surface area contributed by atoms with E-state index in [1.54, 1.807) is 13.2 Å². The molecule has 3 aromatic heterocycles. The molecule has 2 aliphatic heterocycles. The van der Waals surface area contributed by atoms with Crippen molar-refractivity contribution >= 4 is 23.0 Å². The number of fused-ring (bicyclic) bond motifs is 1. The maximum absolute atomic E-state index is 13.4. The third kappa shape index (κ3) is 4.68. The van der Waals surface area contributed by atoms with E-state index >= 15 is 0 Å². The molecular formula is C27H33F2N7O3. The van der Waals surface area contributed by atoms with Gasteiger partial charge in [0, 0.05) is 30.1 Å². The van der Waals surface area contributed by atoms with Gasteiger partial charge in [0.1, 0.15) is 11.5 Å². The van der Waals surface area contributed by atoms with Crippen LogP contribution in [0, 0.1) is 17.8 Å². The standard InChI is InChI=1S/C27H33F2N7O3/c1-14-3-5-15(6-4-14)21(16-9-31-35(2)22(16)23(30)37)25-33-20-8-7-19(32-24(20)34-25)17-10-39-11-18(17)26(38)36-12-27(28,29)13-36/h7-9,14-15,17-18,21H,3-6,10-13H2,1-2H3,(H2,30,37)(H,32,33,34)/t14?,15?,17?,18?,21-/m0/s1. The number of alkyl halides is 2. The fourth-order valence-corrected chi connectivity index (χ4v) is 6.50. The quantitative estimate of drug-likeness (QED) is 0.493. The number of hydrogen-bond donors (Lipinski definition) is 2. The minimum absolute atomic E-state index is 0.177. The molecule has 2 amide bonds. The van der Waals surface area contributed by atoms with Crippen LogP contribution in [0.2, 0.25) is 0 Å². The predicted octanol–water partition coefficient (Wildman–Crippen LogP) is 2.96. The molecular weight excluding hydrogens is 508 g/mol. The second-order valence-electron chi connectivity index (χ2n) is 11.5. The number of carbonyl (C=O) groups is 2. The largest absolute Gasteiger partial charge is 0.380 e. The van der Waals surface area contributed by atoms with E-state index in [4.69, 9.17) is 20.4 Å². The van der Waals surface area contributed by atoms with Gasteiger partial charge in [-0.2, -0.15) is 5.10 Å². The number of rotatable bonds is 6. The van der Waals surface area contributed by atoms with Gasteiger partial charge in [-0.25, -0.2) is 18.7 Å². The van der Waals surface area contributed by atoms with Crippen LogP contribution in [0.15, 0.2) is 18.3 Å². The highest BCUT2D eigenvalue weighted by atomic mass is 19.3. The number of amides is 2. The van der Waals surface area contributed by atoms with Crippen molar-refractivity contribution in [3.8, 4) is 0 Å². The zero-order valence-corrected chi connectivity index (χ0v) is 22.1. The molecule has 3 aromatic rings. The lowest BCUT2D eigenvalue weighted by Crippen LogP contribution is -2.60. The number of aromatic amines is 1. The van der Waals surface area contributed by atoms with Gasteiger partial charge in [-0.15, -0.1) is 0 Å². The summed E-state index contributed by atoms with van der Waals surface area (Å²) in [7, 11) is 1.71. The van der Waals surface area contributed by atoms with Gasteiger partial charge in [0.15, 0.2) is 5.65 Å². The summed E-state index contributed by atoms with van der Waals surface area (Å²) >= 11 is 0. The number of ether oxygens (including phenoxy) is 1. The van der Waals surface area contributed by atoms with Crippen LogP contribution in [0.4, 0.5) is 8.78 Å². The summed E-state index contributed by atoms with van der Waals surface area (Å²) < 4.78 is 33.8. The molecule has 3 fully saturated rings. The van der Waals surface area contributed by atoms with Crippen molar-refractivity contribution in [1.82, 2.24) is 29.6 Å². The van der Waals surface area contributed by atoms with Crippen molar-refractivity contribution in [2.75, 3.05) is 26.3 Å². The minimum Gasteiger partial charge on any atom is -0.380 e. The molecule has 3 N–H and O–H groups in total. The topological polar surface area (TPSA) is 132 Å². The average Bonchev–Trinajstić information content (AvgIpc) is 3.61. The molecule has 3 atom stereocenters. The second kappa shape index (κ2) is 9.65. The molecule has 1 aliphatic carbocycles. The van der Waals surface area contributed by atoms with Crippen LogP contribution in [0.1, 0.15) is 72.0 Å². The van der Waals surface area contributed by atoms with Crippen molar-refractivity contribution in [3.63, 3.8) is 0 Å². The Morgan fingerprint density at radius 2 is 1.90 bits per heavy atom. The molecule has 0 radical (unpaired) electrons. The Kier molecular flexibility index (Phi) is 6.40. The van der Waals surface area contributed by atoms with Gasteiger partial charge in [0.05, 0.1) is 43.9 Å². The first-order valence-corrected chi connectivity index (χ1v) is 13.5. The fourth-order valence-electron chi connectivity index (χ4n) is 6.50. The Bertz CT molecular complexity index is 1400. The number of halogens is 2. The van der Waals surface area contributed by atoms with Gasteiger partial charge in [0.2, 0.25) is 5.91 Å².